The van der Waals surface area contributed by atoms with Crippen LogP contribution in [0.3, 0.4) is 0 Å². The van der Waals surface area contributed by atoms with Gasteiger partial charge in [-0.1, -0.05) is 17.7 Å². The number of aromatic nitrogens is 3. The van der Waals surface area contributed by atoms with E-state index in [1.165, 1.54) is 14.9 Å². The van der Waals surface area contributed by atoms with Crippen molar-refractivity contribution < 1.29 is 9.53 Å². The number of benzene rings is 1. The average Bonchev–Trinajstić information content (AvgIpc) is 3.30. The van der Waals surface area contributed by atoms with Crippen molar-refractivity contribution in [2.24, 2.45) is 0 Å². The second kappa shape index (κ2) is 12.4. The van der Waals surface area contributed by atoms with Crippen LogP contribution in [0.4, 0.5) is 11.5 Å². The van der Waals surface area contributed by atoms with Gasteiger partial charge in [0.15, 0.2) is 0 Å². The Morgan fingerprint density at radius 3 is 2.92 bits per heavy atom. The van der Waals surface area contributed by atoms with E-state index in [1.807, 2.05) is 47.4 Å². The van der Waals surface area contributed by atoms with E-state index in [4.69, 9.17) is 16.3 Å². The van der Waals surface area contributed by atoms with Gasteiger partial charge in [0, 0.05) is 11.9 Å². The number of halogens is 2. The molecular weight excluding hydrogens is 633 g/mol. The Balaban J connectivity index is 1.29. The van der Waals surface area contributed by atoms with Crippen LogP contribution >= 0.6 is 42.8 Å². The molecule has 0 saturated carbocycles. The molecule has 1 aliphatic heterocycles. The third kappa shape index (κ3) is 6.44. The molecule has 4 aromatic rings. The molecule has 0 aliphatic carbocycles. The second-order valence-corrected chi connectivity index (χ2v) is 16.9. The van der Waals surface area contributed by atoms with E-state index in [1.54, 1.807) is 29.9 Å². The molecule has 7 nitrogen and oxygen atoms in total. The van der Waals surface area contributed by atoms with Gasteiger partial charge in [0.05, 0.1) is 10.7 Å². The van der Waals surface area contributed by atoms with Crippen LogP contribution in [-0.4, -0.2) is 46.6 Å². The maximum atomic E-state index is 12.8. The predicted molar refractivity (Wildman–Crippen MR) is 164 cm³/mol. The van der Waals surface area contributed by atoms with Gasteiger partial charge in [0.25, 0.3) is 0 Å². The molecule has 1 aromatic carbocycles. The number of nitrogens with zero attached hydrogens (tertiary/aromatic N) is 4. The summed E-state index contributed by atoms with van der Waals surface area (Å²) in [5.74, 6) is 1.42. The quantitative estimate of drug-likeness (QED) is 0.123. The number of hydrogen-bond acceptors (Lipinski definition) is 7. The first-order chi connectivity index (χ1) is 18.5. The SMILES string of the molecule is CI(C)CC/C=C/C(=O)N1CCc2c(sc3ncnc(Nc4ccc(OCc5ccccn5)c(Cl)c4)c23)C1. The molecule has 1 amide bonds. The van der Waals surface area contributed by atoms with Crippen molar-refractivity contribution in [1.82, 2.24) is 19.9 Å². The number of anilines is 2. The molecule has 5 rings (SSSR count). The number of alkyl halides is 3. The van der Waals surface area contributed by atoms with Crippen LogP contribution in [-0.2, 0) is 24.4 Å². The maximum absolute atomic E-state index is 12.8. The third-order valence-electron chi connectivity index (χ3n) is 6.16. The molecule has 0 bridgehead atoms. The van der Waals surface area contributed by atoms with E-state index in [-0.39, 0.29) is 5.91 Å². The van der Waals surface area contributed by atoms with Crippen molar-refractivity contribution in [3.05, 3.63) is 82.2 Å². The van der Waals surface area contributed by atoms with Crippen LogP contribution in [0.1, 0.15) is 22.6 Å². The van der Waals surface area contributed by atoms with Crippen LogP contribution in [0.2, 0.25) is 5.02 Å². The number of ether oxygens (including phenoxy) is 1. The molecule has 0 fully saturated rings. The number of pyridine rings is 1. The first-order valence-electron chi connectivity index (χ1n) is 12.2. The molecule has 38 heavy (non-hydrogen) atoms. The summed E-state index contributed by atoms with van der Waals surface area (Å²) in [6.45, 7) is 1.63. The number of nitrogens with one attached hydrogen (secondary N) is 1. The van der Waals surface area contributed by atoms with Gasteiger partial charge in [-0.3, -0.25) is 4.98 Å². The van der Waals surface area contributed by atoms with E-state index in [2.05, 4.69) is 30.1 Å². The van der Waals surface area contributed by atoms with E-state index in [0.29, 0.717) is 30.5 Å². The number of thiophene rings is 1. The topological polar surface area (TPSA) is 80.2 Å². The standard InChI is InChI=1S/C28H29ClIN5O2S/c1-30(2)12-5-3-8-25(36)35-14-11-21-24(16-35)38-28-26(21)27(32-18-33-28)34-19-9-10-23(22(29)15-19)37-17-20-7-4-6-13-31-20/h3-4,6-10,13,15,18H,5,11-12,14,16-17H2,1-2H3,(H,32,33,34)/b8-3+. The van der Waals surface area contributed by atoms with Crippen molar-refractivity contribution in [1.29, 1.82) is 0 Å². The minimum atomic E-state index is -0.748. The second-order valence-electron chi connectivity index (χ2n) is 9.09. The number of carbonyl (C=O) groups excluding carboxylic acids is 1. The Labute approximate surface area is 238 Å². The molecule has 198 valence electrons. The molecule has 0 saturated heterocycles. The number of hydrogen-bond donors (Lipinski definition) is 1. The zero-order valence-corrected chi connectivity index (χ0v) is 25.0. The van der Waals surface area contributed by atoms with E-state index in [0.717, 1.165) is 40.3 Å². The number of amides is 1. The fourth-order valence-electron chi connectivity index (χ4n) is 4.25. The zero-order valence-electron chi connectivity index (χ0n) is 21.3. The predicted octanol–water partition coefficient (Wildman–Crippen LogP) is 6.66. The van der Waals surface area contributed by atoms with E-state index >= 15 is 0 Å². The van der Waals surface area contributed by atoms with Gasteiger partial charge >= 0.3 is 147 Å². The third-order valence-corrected chi connectivity index (χ3v) is 10.4. The summed E-state index contributed by atoms with van der Waals surface area (Å²) in [4.78, 5) is 34.8. The van der Waals surface area contributed by atoms with Crippen LogP contribution < -0.4 is 10.1 Å². The molecule has 0 unspecified atom stereocenters. The Kier molecular flexibility index (Phi) is 8.75. The summed E-state index contributed by atoms with van der Waals surface area (Å²) >= 11 is 7.41. The molecule has 0 radical (unpaired) electrons. The number of rotatable bonds is 9. The summed E-state index contributed by atoms with van der Waals surface area (Å²) < 4.78 is 7.09. The van der Waals surface area contributed by atoms with Crippen molar-refractivity contribution in [2.45, 2.75) is 26.0 Å². The average molecular weight is 662 g/mol. The fourth-order valence-corrected chi connectivity index (χ4v) is 7.29. The summed E-state index contributed by atoms with van der Waals surface area (Å²) in [5.41, 5.74) is 2.86. The normalized spacial score (nSPS) is 13.6. The number of carbonyl (C=O) groups is 1. The van der Waals surface area contributed by atoms with E-state index in [9.17, 15) is 4.79 Å². The summed E-state index contributed by atoms with van der Waals surface area (Å²) in [6, 6.07) is 11.3. The van der Waals surface area contributed by atoms with Crippen LogP contribution in [0.25, 0.3) is 10.2 Å². The van der Waals surface area contributed by atoms with Crippen molar-refractivity contribution in [2.75, 3.05) is 26.2 Å². The van der Waals surface area contributed by atoms with Crippen LogP contribution in [0.5, 0.6) is 5.75 Å². The van der Waals surface area contributed by atoms with Crippen LogP contribution in [0, 0.1) is 0 Å². The molecular formula is C28H29ClIN5O2S. The molecule has 1 N–H and O–H groups in total. The molecule has 3 aromatic heterocycles. The molecule has 0 atom stereocenters. The van der Waals surface area contributed by atoms with Gasteiger partial charge < -0.3 is 4.74 Å². The van der Waals surface area contributed by atoms with Crippen molar-refractivity contribution in [3.63, 3.8) is 0 Å². The van der Waals surface area contributed by atoms with Gasteiger partial charge in [0.2, 0.25) is 0 Å². The summed E-state index contributed by atoms with van der Waals surface area (Å²) in [7, 11) is 0. The number of fused-ring (bicyclic) bond motifs is 3. The van der Waals surface area contributed by atoms with Gasteiger partial charge in [-0.15, -0.1) is 0 Å². The van der Waals surface area contributed by atoms with Crippen molar-refractivity contribution in [3.8, 4) is 5.75 Å². The number of allylic oxidation sites excluding steroid dienone is 1. The molecule has 1 aliphatic rings. The van der Waals surface area contributed by atoms with Crippen LogP contribution in [0.15, 0.2) is 61.1 Å². The molecule has 4 heterocycles. The summed E-state index contributed by atoms with van der Waals surface area (Å²) in [6.07, 6.45) is 8.87. The Bertz CT molecular complexity index is 1460. The zero-order chi connectivity index (χ0) is 26.5. The van der Waals surface area contributed by atoms with E-state index < -0.39 is 19.8 Å². The first kappa shape index (κ1) is 26.8. The molecule has 0 spiro atoms. The minimum absolute atomic E-state index is 0.0880. The molecule has 10 heteroatoms. The summed E-state index contributed by atoms with van der Waals surface area (Å²) in [5, 5.41) is 4.94. The fraction of sp³-hybridized carbons (Fsp3) is 0.286. The monoisotopic (exact) mass is 661 g/mol. The van der Waals surface area contributed by atoms with Crippen molar-refractivity contribution >= 4 is 70.4 Å². The van der Waals surface area contributed by atoms with Gasteiger partial charge in [-0.05, 0) is 30.3 Å². The van der Waals surface area contributed by atoms with Gasteiger partial charge in [-0.2, -0.15) is 0 Å². The Morgan fingerprint density at radius 2 is 2.13 bits per heavy atom. The van der Waals surface area contributed by atoms with Gasteiger partial charge in [-0.25, -0.2) is 0 Å². The van der Waals surface area contributed by atoms with Gasteiger partial charge in [0.1, 0.15) is 12.4 Å². The first-order valence-corrected chi connectivity index (χ1v) is 19.3. The Hall–Kier alpha value is -2.76. The Morgan fingerprint density at radius 1 is 1.24 bits per heavy atom.